The van der Waals surface area contributed by atoms with Gasteiger partial charge in [-0.15, -0.1) is 0 Å². The molecule has 1 N–H and O–H groups in total. The molecule has 2 aliphatic carbocycles. The molecule has 36 heavy (non-hydrogen) atoms. The van der Waals surface area contributed by atoms with Crippen molar-refractivity contribution in [2.24, 2.45) is 23.7 Å². The highest BCUT2D eigenvalue weighted by atomic mass is 16.3. The zero-order valence-electron chi connectivity index (χ0n) is 19.1. The van der Waals surface area contributed by atoms with E-state index in [4.69, 9.17) is 4.42 Å². The van der Waals surface area contributed by atoms with Gasteiger partial charge in [-0.1, -0.05) is 30.4 Å². The number of carbonyl (C=O) groups is 3. The van der Waals surface area contributed by atoms with E-state index >= 15 is 0 Å². The third kappa shape index (κ3) is 3.12. The largest absolute Gasteiger partial charge is 0.436 e. The molecule has 4 aromatic rings. The van der Waals surface area contributed by atoms with Crippen molar-refractivity contribution in [2.75, 3.05) is 10.2 Å². The van der Waals surface area contributed by atoms with Crippen LogP contribution in [0.3, 0.4) is 0 Å². The molecule has 3 aliphatic rings. The van der Waals surface area contributed by atoms with Crippen molar-refractivity contribution in [2.45, 2.75) is 6.42 Å². The maximum absolute atomic E-state index is 13.0. The topological polar surface area (TPSA) is 92.5 Å². The SMILES string of the molecule is O=C(Nc1cccc(-c2nc3ccccc3o2)c1)c1ccc(N2C(=O)[C@@H]3[C@@H](C2=O)[C@H]2C=C[C@@H]3C2)cc1. The van der Waals surface area contributed by atoms with Gasteiger partial charge in [-0.2, -0.15) is 0 Å². The van der Waals surface area contributed by atoms with Crippen LogP contribution in [0.25, 0.3) is 22.6 Å². The second-order valence-electron chi connectivity index (χ2n) is 9.58. The fraction of sp³-hybridized carbons (Fsp3) is 0.172. The lowest BCUT2D eigenvalue weighted by atomic mass is 9.85. The molecular formula is C29H21N3O4. The van der Waals surface area contributed by atoms with Gasteiger partial charge in [0.25, 0.3) is 5.91 Å². The van der Waals surface area contributed by atoms with Crippen molar-refractivity contribution < 1.29 is 18.8 Å². The quantitative estimate of drug-likeness (QED) is 0.329. The summed E-state index contributed by atoms with van der Waals surface area (Å²) in [6, 6.07) is 21.4. The predicted octanol–water partition coefficient (Wildman–Crippen LogP) is 5.06. The van der Waals surface area contributed by atoms with Crippen LogP contribution in [0.15, 0.2) is 89.4 Å². The fourth-order valence-electron chi connectivity index (χ4n) is 5.85. The van der Waals surface area contributed by atoms with Crippen molar-refractivity contribution in [3.63, 3.8) is 0 Å². The molecule has 3 aromatic carbocycles. The van der Waals surface area contributed by atoms with E-state index in [1.165, 1.54) is 4.90 Å². The van der Waals surface area contributed by atoms with Crippen molar-refractivity contribution in [1.82, 2.24) is 4.98 Å². The molecule has 7 rings (SSSR count). The van der Waals surface area contributed by atoms with Gasteiger partial charge < -0.3 is 9.73 Å². The first-order chi connectivity index (χ1) is 17.6. The highest BCUT2D eigenvalue weighted by molar-refractivity contribution is 6.23. The van der Waals surface area contributed by atoms with Crippen molar-refractivity contribution in [3.8, 4) is 11.5 Å². The maximum Gasteiger partial charge on any atom is 0.255 e. The summed E-state index contributed by atoms with van der Waals surface area (Å²) in [6.07, 6.45) is 5.05. The lowest BCUT2D eigenvalue weighted by molar-refractivity contribution is -0.123. The number of fused-ring (bicyclic) bond motifs is 6. The minimum atomic E-state index is -0.297. The number of aromatic nitrogens is 1. The van der Waals surface area contributed by atoms with E-state index in [2.05, 4.69) is 22.5 Å². The number of anilines is 2. The fourth-order valence-corrected chi connectivity index (χ4v) is 5.85. The molecule has 7 heteroatoms. The average molecular weight is 476 g/mol. The first-order valence-electron chi connectivity index (χ1n) is 12.0. The summed E-state index contributed by atoms with van der Waals surface area (Å²) in [5.74, 6) is -0.244. The number of allylic oxidation sites excluding steroid dienone is 2. The second-order valence-corrected chi connectivity index (χ2v) is 9.58. The Kier molecular flexibility index (Phi) is 4.48. The van der Waals surface area contributed by atoms with Gasteiger partial charge in [-0.3, -0.25) is 19.3 Å². The number of hydrogen-bond donors (Lipinski definition) is 1. The number of carbonyl (C=O) groups excluding carboxylic acids is 3. The van der Waals surface area contributed by atoms with Gasteiger partial charge in [0.15, 0.2) is 5.58 Å². The minimum absolute atomic E-state index is 0.130. The summed E-state index contributed by atoms with van der Waals surface area (Å²) in [4.78, 5) is 44.8. The normalized spacial score (nSPS) is 24.1. The number of nitrogens with one attached hydrogen (secondary N) is 1. The molecule has 0 radical (unpaired) electrons. The molecule has 1 saturated heterocycles. The molecule has 1 saturated carbocycles. The lowest BCUT2D eigenvalue weighted by Crippen LogP contribution is -2.32. The Morgan fingerprint density at radius 2 is 1.61 bits per heavy atom. The number of nitrogens with zero attached hydrogens (tertiary/aromatic N) is 2. The maximum atomic E-state index is 13.0. The van der Waals surface area contributed by atoms with E-state index in [1.807, 2.05) is 36.4 Å². The summed E-state index contributed by atoms with van der Waals surface area (Å²) in [7, 11) is 0. The van der Waals surface area contributed by atoms with Gasteiger partial charge in [0.05, 0.1) is 17.5 Å². The predicted molar refractivity (Wildman–Crippen MR) is 134 cm³/mol. The summed E-state index contributed by atoms with van der Waals surface area (Å²) < 4.78 is 5.83. The van der Waals surface area contributed by atoms with Crippen LogP contribution in [0.5, 0.6) is 0 Å². The first kappa shape index (κ1) is 20.8. The molecule has 2 heterocycles. The lowest BCUT2D eigenvalue weighted by Gasteiger charge is -2.17. The molecule has 1 aromatic heterocycles. The van der Waals surface area contributed by atoms with Crippen LogP contribution in [0.2, 0.25) is 0 Å². The Balaban J connectivity index is 1.09. The van der Waals surface area contributed by atoms with Crippen LogP contribution in [0.1, 0.15) is 16.8 Å². The van der Waals surface area contributed by atoms with Gasteiger partial charge in [0.2, 0.25) is 17.7 Å². The Hall–Kier alpha value is -4.52. The number of hydrogen-bond acceptors (Lipinski definition) is 5. The van der Waals surface area contributed by atoms with Crippen LogP contribution >= 0.6 is 0 Å². The number of rotatable bonds is 4. The van der Waals surface area contributed by atoms with E-state index in [-0.39, 0.29) is 41.4 Å². The Labute approximate surface area is 206 Å². The number of amides is 3. The van der Waals surface area contributed by atoms with Crippen molar-refractivity contribution >= 4 is 40.2 Å². The molecule has 176 valence electrons. The zero-order valence-corrected chi connectivity index (χ0v) is 19.1. The first-order valence-corrected chi connectivity index (χ1v) is 12.0. The summed E-state index contributed by atoms with van der Waals surface area (Å²) in [6.45, 7) is 0. The average Bonchev–Trinajstić information content (AvgIpc) is 3.67. The third-order valence-electron chi connectivity index (χ3n) is 7.52. The zero-order chi connectivity index (χ0) is 24.4. The van der Waals surface area contributed by atoms with Gasteiger partial charge in [-0.25, -0.2) is 4.98 Å². The van der Waals surface area contributed by atoms with Gasteiger partial charge >= 0.3 is 0 Å². The highest BCUT2D eigenvalue weighted by Crippen LogP contribution is 2.53. The van der Waals surface area contributed by atoms with E-state index in [0.29, 0.717) is 28.4 Å². The molecule has 2 bridgehead atoms. The van der Waals surface area contributed by atoms with E-state index < -0.39 is 0 Å². The van der Waals surface area contributed by atoms with Crippen LogP contribution < -0.4 is 10.2 Å². The molecule has 2 fully saturated rings. The van der Waals surface area contributed by atoms with Gasteiger partial charge in [-0.05, 0) is 72.9 Å². The van der Waals surface area contributed by atoms with Crippen LogP contribution in [0.4, 0.5) is 11.4 Å². The standard InChI is InChI=1S/C29H21N3O4/c33-26(30-20-5-3-4-19(15-20)27-31-22-6-1-2-7-23(22)36-27)16-10-12-21(13-11-16)32-28(34)24-17-8-9-18(14-17)25(24)29(32)35/h1-13,15,17-18,24-25H,14H2,(H,30,33)/t17-,18+,24-,25-/m0/s1. The molecular weight excluding hydrogens is 454 g/mol. The highest BCUT2D eigenvalue weighted by Gasteiger charge is 2.59. The second kappa shape index (κ2) is 7.75. The molecule has 4 atom stereocenters. The van der Waals surface area contributed by atoms with E-state index in [9.17, 15) is 14.4 Å². The number of para-hydroxylation sites is 2. The third-order valence-corrected chi connectivity index (χ3v) is 7.52. The molecule has 0 unspecified atom stereocenters. The molecule has 7 nitrogen and oxygen atoms in total. The Morgan fingerprint density at radius 3 is 2.33 bits per heavy atom. The molecule has 0 spiro atoms. The number of imide groups is 1. The minimum Gasteiger partial charge on any atom is -0.436 e. The summed E-state index contributed by atoms with van der Waals surface area (Å²) >= 11 is 0. The van der Waals surface area contributed by atoms with E-state index in [0.717, 1.165) is 17.5 Å². The Bertz CT molecular complexity index is 1520. The van der Waals surface area contributed by atoms with Gasteiger partial charge in [0.1, 0.15) is 5.52 Å². The smallest absolute Gasteiger partial charge is 0.255 e. The summed E-state index contributed by atoms with van der Waals surface area (Å²) in [5.41, 5.74) is 3.75. The monoisotopic (exact) mass is 475 g/mol. The number of benzene rings is 3. The van der Waals surface area contributed by atoms with Crippen LogP contribution in [-0.4, -0.2) is 22.7 Å². The number of oxazole rings is 1. The van der Waals surface area contributed by atoms with Crippen molar-refractivity contribution in [3.05, 3.63) is 90.5 Å². The van der Waals surface area contributed by atoms with Crippen molar-refractivity contribution in [1.29, 1.82) is 0 Å². The summed E-state index contributed by atoms with van der Waals surface area (Å²) in [5, 5.41) is 2.90. The van der Waals surface area contributed by atoms with Gasteiger partial charge in [0, 0.05) is 16.8 Å². The van der Waals surface area contributed by atoms with E-state index in [1.54, 1.807) is 36.4 Å². The molecule has 3 amide bonds. The van der Waals surface area contributed by atoms with Crippen LogP contribution in [-0.2, 0) is 9.59 Å². The van der Waals surface area contributed by atoms with Crippen LogP contribution in [0, 0.1) is 23.7 Å². The molecule has 1 aliphatic heterocycles. The Morgan fingerprint density at radius 1 is 0.889 bits per heavy atom.